The van der Waals surface area contributed by atoms with Crippen LogP contribution in [0.3, 0.4) is 0 Å². The van der Waals surface area contributed by atoms with Crippen LogP contribution in [-0.4, -0.2) is 38.6 Å². The number of aliphatic hydroxyl groups excluding tert-OH is 2. The fraction of sp³-hybridized carbons (Fsp3) is 0.550. The van der Waals surface area contributed by atoms with Crippen molar-refractivity contribution in [2.45, 2.75) is 129 Å². The molecule has 2 amide bonds. The Labute approximate surface area is 307 Å². The van der Waals surface area contributed by atoms with Gasteiger partial charge >= 0.3 is 29.6 Å². The Morgan fingerprint density at radius 2 is 0.979 bits per heavy atom. The van der Waals surface area contributed by atoms with Crippen LogP contribution in [0.1, 0.15) is 135 Å². The zero-order chi connectivity index (χ0) is 32.7. The number of benzene rings is 2. The summed E-state index contributed by atoms with van der Waals surface area (Å²) < 4.78 is 0. The minimum atomic E-state index is -0.570. The average molecular weight is 663 g/mol. The number of hydrogen-bond donors (Lipinski definition) is 4. The maximum absolute atomic E-state index is 12.7. The minimum absolute atomic E-state index is 0. The molecule has 2 unspecified atom stereocenters. The number of aryl methyl sites for hydroxylation is 4. The summed E-state index contributed by atoms with van der Waals surface area (Å²) in [4.78, 5) is 25.3. The third kappa shape index (κ3) is 6.29. The van der Waals surface area contributed by atoms with Crippen LogP contribution < -0.4 is 40.2 Å². The molecule has 4 fully saturated rings. The quantitative estimate of drug-likeness (QED) is 0.301. The van der Waals surface area contributed by atoms with E-state index in [2.05, 4.69) is 62.6 Å². The molecule has 5 N–H and O–H groups in total. The van der Waals surface area contributed by atoms with E-state index in [1.165, 1.54) is 47.9 Å². The normalized spacial score (nSPS) is 26.4. The van der Waals surface area contributed by atoms with Gasteiger partial charge in [0.15, 0.2) is 0 Å². The Kier molecular flexibility index (Phi) is 10.1. The van der Waals surface area contributed by atoms with Gasteiger partial charge in [0.25, 0.3) is 11.8 Å². The molecular formula is C40H51N2NaO5. The maximum Gasteiger partial charge on any atom is 1.00 e. The van der Waals surface area contributed by atoms with Crippen molar-refractivity contribution in [2.24, 2.45) is 11.8 Å². The summed E-state index contributed by atoms with van der Waals surface area (Å²) in [5, 5.41) is 27.9. The molecule has 4 saturated carbocycles. The predicted octanol–water partition coefficient (Wildman–Crippen LogP) is 4.83. The molecule has 7 nitrogen and oxygen atoms in total. The molecule has 0 bridgehead atoms. The van der Waals surface area contributed by atoms with E-state index in [0.717, 1.165) is 60.8 Å². The molecule has 2 aromatic carbocycles. The van der Waals surface area contributed by atoms with Gasteiger partial charge in [-0.1, -0.05) is 38.1 Å². The zero-order valence-corrected chi connectivity index (χ0v) is 31.8. The zero-order valence-electron chi connectivity index (χ0n) is 29.8. The van der Waals surface area contributed by atoms with Gasteiger partial charge in [-0.25, -0.2) is 0 Å². The van der Waals surface area contributed by atoms with Crippen LogP contribution in [0.5, 0.6) is 0 Å². The second-order valence-corrected chi connectivity index (χ2v) is 15.3. The van der Waals surface area contributed by atoms with E-state index in [9.17, 15) is 19.8 Å². The van der Waals surface area contributed by atoms with E-state index < -0.39 is 11.1 Å². The van der Waals surface area contributed by atoms with E-state index in [4.69, 9.17) is 0 Å². The van der Waals surface area contributed by atoms with Crippen LogP contribution in [0.4, 0.5) is 0 Å². The number of carbonyl (C=O) groups excluding carboxylic acids is 2. The number of hydrogen-bond acceptors (Lipinski definition) is 5. The topological polar surface area (TPSA) is 129 Å². The van der Waals surface area contributed by atoms with Crippen molar-refractivity contribution < 1.29 is 54.8 Å². The Morgan fingerprint density at radius 1 is 0.646 bits per heavy atom. The summed E-state index contributed by atoms with van der Waals surface area (Å²) in [5.74, 6) is 2.42. The van der Waals surface area contributed by atoms with E-state index in [1.807, 2.05) is 13.8 Å². The second-order valence-electron chi connectivity index (χ2n) is 15.3. The molecule has 2 aromatic rings. The Morgan fingerprint density at radius 3 is 1.25 bits per heavy atom. The fourth-order valence-electron chi connectivity index (χ4n) is 8.18. The fourth-order valence-corrected chi connectivity index (χ4v) is 8.18. The van der Waals surface area contributed by atoms with Crippen LogP contribution in [0.15, 0.2) is 35.8 Å². The number of carbonyl (C=O) groups is 2. The van der Waals surface area contributed by atoms with Crippen molar-refractivity contribution in [1.82, 2.24) is 10.6 Å². The number of amides is 2. The molecule has 0 aromatic heterocycles. The van der Waals surface area contributed by atoms with Crippen molar-refractivity contribution in [3.05, 3.63) is 80.3 Å². The standard InChI is InChI=1S/2C20H25NO2.Na.H2O/c2*1-4-12-10-14(13-5-6-13)9-11(2)16(12)17-18(22)20(3,15-7-8-15)21-19(17)23;;/h2*9-10,13,15,22H,4-8H2,1-3H3,(H,21,23);;1H2/q;;+1;/p-1. The molecule has 252 valence electrons. The largest absolute Gasteiger partial charge is 1.00 e. The van der Waals surface area contributed by atoms with Crippen molar-refractivity contribution >= 4 is 23.0 Å². The van der Waals surface area contributed by atoms with Crippen molar-refractivity contribution in [1.29, 1.82) is 0 Å². The molecule has 8 rings (SSSR count). The predicted molar refractivity (Wildman–Crippen MR) is 185 cm³/mol. The first-order chi connectivity index (χ1) is 21.9. The van der Waals surface area contributed by atoms with Crippen LogP contribution in [-0.2, 0) is 22.4 Å². The van der Waals surface area contributed by atoms with Crippen LogP contribution in [0, 0.1) is 25.7 Å². The summed E-state index contributed by atoms with van der Waals surface area (Å²) in [5.41, 5.74) is 9.18. The van der Waals surface area contributed by atoms with Crippen LogP contribution in [0.2, 0.25) is 0 Å². The number of aliphatic hydroxyl groups is 2. The van der Waals surface area contributed by atoms with E-state index in [1.54, 1.807) is 0 Å². The molecule has 48 heavy (non-hydrogen) atoms. The molecule has 0 saturated heterocycles. The third-order valence-electron chi connectivity index (χ3n) is 11.7. The van der Waals surface area contributed by atoms with E-state index in [-0.39, 0.29) is 58.4 Å². The first-order valence-corrected chi connectivity index (χ1v) is 17.7. The minimum Gasteiger partial charge on any atom is -0.870 e. The van der Waals surface area contributed by atoms with Gasteiger partial charge < -0.3 is 26.3 Å². The molecule has 8 heteroatoms. The van der Waals surface area contributed by atoms with Gasteiger partial charge in [0, 0.05) is 0 Å². The molecule has 2 aliphatic heterocycles. The second kappa shape index (κ2) is 13.3. The molecular weight excluding hydrogens is 611 g/mol. The van der Waals surface area contributed by atoms with Gasteiger partial charge in [0.1, 0.15) is 11.5 Å². The van der Waals surface area contributed by atoms with E-state index in [0.29, 0.717) is 34.8 Å². The summed E-state index contributed by atoms with van der Waals surface area (Å²) in [6.45, 7) is 12.3. The van der Waals surface area contributed by atoms with Gasteiger partial charge in [-0.2, -0.15) is 0 Å². The van der Waals surface area contributed by atoms with Crippen LogP contribution in [0.25, 0.3) is 11.1 Å². The number of rotatable bonds is 8. The van der Waals surface area contributed by atoms with Crippen molar-refractivity contribution in [3.63, 3.8) is 0 Å². The number of nitrogens with one attached hydrogen (secondary N) is 2. The Bertz CT molecular complexity index is 1590. The molecule has 2 heterocycles. The molecule has 0 radical (unpaired) electrons. The third-order valence-corrected chi connectivity index (χ3v) is 11.7. The van der Waals surface area contributed by atoms with Gasteiger partial charge in [0.2, 0.25) is 0 Å². The first-order valence-electron chi connectivity index (χ1n) is 17.7. The maximum atomic E-state index is 12.7. The molecule has 6 aliphatic rings. The van der Waals surface area contributed by atoms with Crippen LogP contribution >= 0.6 is 0 Å². The van der Waals surface area contributed by atoms with Gasteiger partial charge in [-0.15, -0.1) is 0 Å². The summed E-state index contributed by atoms with van der Waals surface area (Å²) in [6.07, 6.45) is 11.2. The van der Waals surface area contributed by atoms with Crippen molar-refractivity contribution in [3.8, 4) is 0 Å². The van der Waals surface area contributed by atoms with Crippen molar-refractivity contribution in [2.75, 3.05) is 0 Å². The summed E-state index contributed by atoms with van der Waals surface area (Å²) in [6, 6.07) is 8.93. The summed E-state index contributed by atoms with van der Waals surface area (Å²) in [7, 11) is 0. The average Bonchev–Trinajstić information content (AvgIpc) is 3.83. The summed E-state index contributed by atoms with van der Waals surface area (Å²) >= 11 is 0. The van der Waals surface area contributed by atoms with Gasteiger partial charge in [-0.05, 0) is 160 Å². The first kappa shape index (κ1) is 36.7. The Hall–Kier alpha value is -2.58. The van der Waals surface area contributed by atoms with Gasteiger partial charge in [0.05, 0.1) is 22.2 Å². The smallest absolute Gasteiger partial charge is 0.870 e. The molecule has 4 aliphatic carbocycles. The molecule has 2 atom stereocenters. The SMILES string of the molecule is CCc1cc(C2CC2)cc(C)c1C1=C(O)C(C)(C2CC2)NC1=O.CCc1cc(C2CC2)cc(C)c1C1=C(O)C(C)(C2CC2)NC1=O.[Na+].[OH-]. The monoisotopic (exact) mass is 662 g/mol. The van der Waals surface area contributed by atoms with Gasteiger partial charge in [-0.3, -0.25) is 9.59 Å². The van der Waals surface area contributed by atoms with E-state index >= 15 is 0 Å². The Balaban J connectivity index is 0.000000180. The molecule has 0 spiro atoms.